The molecule has 15 heteroatoms. The van der Waals surface area contributed by atoms with Gasteiger partial charge in [0.15, 0.2) is 5.82 Å². The number of nitrogens with one attached hydrogen (secondary N) is 2. The summed E-state index contributed by atoms with van der Waals surface area (Å²) in [5, 5.41) is 5.85. The lowest BCUT2D eigenvalue weighted by atomic mass is 10.1. The zero-order chi connectivity index (χ0) is 39.2. The quantitative estimate of drug-likeness (QED) is 0.179. The lowest BCUT2D eigenvalue weighted by Crippen LogP contribution is -2.56. The van der Waals surface area contributed by atoms with Gasteiger partial charge in [-0.25, -0.2) is 19.6 Å². The SMILES string of the molecule is CCCCOC(=O)N1CCN(C(=O)[C@H](CCC(=O)OC(C)(C)C)NC(=O)c2cc(N3CC4C(C3)C4NC(=O)OC(C)(C)C)nc(-c3ccccc3)n2)CC1. The van der Waals surface area contributed by atoms with Gasteiger partial charge in [0.25, 0.3) is 5.91 Å². The normalized spacial score (nSPS) is 20.1. The summed E-state index contributed by atoms with van der Waals surface area (Å²) in [6, 6.07) is 9.86. The molecule has 3 heterocycles. The third kappa shape index (κ3) is 11.0. The van der Waals surface area contributed by atoms with E-state index < -0.39 is 41.3 Å². The van der Waals surface area contributed by atoms with Gasteiger partial charge in [-0.2, -0.15) is 0 Å². The monoisotopic (exact) mass is 749 g/mol. The van der Waals surface area contributed by atoms with Gasteiger partial charge in [-0.05, 0) is 54.4 Å². The molecule has 2 saturated heterocycles. The van der Waals surface area contributed by atoms with Crippen LogP contribution in [0, 0.1) is 11.8 Å². The zero-order valence-electron chi connectivity index (χ0n) is 32.6. The first-order chi connectivity index (χ1) is 25.5. The molecule has 2 aliphatic heterocycles. The molecule has 15 nitrogen and oxygen atoms in total. The van der Waals surface area contributed by atoms with E-state index in [-0.39, 0.29) is 68.5 Å². The van der Waals surface area contributed by atoms with Crippen LogP contribution in [-0.4, -0.2) is 119 Å². The number of amides is 4. The van der Waals surface area contributed by atoms with E-state index in [4.69, 9.17) is 19.2 Å². The number of hydrogen-bond donors (Lipinski definition) is 2. The lowest BCUT2D eigenvalue weighted by Gasteiger charge is -2.36. The third-order valence-corrected chi connectivity index (χ3v) is 9.41. The Morgan fingerprint density at radius 1 is 0.870 bits per heavy atom. The van der Waals surface area contributed by atoms with Crippen LogP contribution in [0.25, 0.3) is 11.4 Å². The first-order valence-electron chi connectivity index (χ1n) is 18.9. The predicted octanol–water partition coefficient (Wildman–Crippen LogP) is 4.40. The highest BCUT2D eigenvalue weighted by Crippen LogP contribution is 2.46. The molecule has 1 aromatic carbocycles. The lowest BCUT2D eigenvalue weighted by molar-refractivity contribution is -0.155. The molecule has 1 saturated carbocycles. The minimum absolute atomic E-state index is 0.000357. The smallest absolute Gasteiger partial charge is 0.409 e. The number of piperidine rings is 1. The van der Waals surface area contributed by atoms with Crippen molar-refractivity contribution in [2.75, 3.05) is 50.8 Å². The highest BCUT2D eigenvalue weighted by atomic mass is 16.6. The molecular weight excluding hydrogens is 694 g/mol. The Labute approximate surface area is 317 Å². The first kappa shape index (κ1) is 40.2. The highest BCUT2D eigenvalue weighted by molar-refractivity contribution is 5.97. The van der Waals surface area contributed by atoms with Crippen molar-refractivity contribution in [1.82, 2.24) is 30.4 Å². The number of anilines is 1. The average Bonchev–Trinajstić information content (AvgIpc) is 3.52. The number of rotatable bonds is 12. The molecule has 2 aromatic rings. The number of fused-ring (bicyclic) bond motifs is 1. The van der Waals surface area contributed by atoms with Gasteiger partial charge in [0.05, 0.1) is 6.61 Å². The molecule has 54 heavy (non-hydrogen) atoms. The number of carbonyl (C=O) groups is 5. The molecule has 1 aliphatic carbocycles. The molecule has 2 N–H and O–H groups in total. The fourth-order valence-corrected chi connectivity index (χ4v) is 6.67. The number of piperazine rings is 1. The number of aromatic nitrogens is 2. The number of benzene rings is 1. The van der Waals surface area contributed by atoms with Gasteiger partial charge in [-0.3, -0.25) is 14.4 Å². The number of carbonyl (C=O) groups excluding carboxylic acids is 5. The van der Waals surface area contributed by atoms with Crippen molar-refractivity contribution < 1.29 is 38.2 Å². The van der Waals surface area contributed by atoms with Gasteiger partial charge >= 0.3 is 18.2 Å². The summed E-state index contributed by atoms with van der Waals surface area (Å²) in [6.07, 6.45) is 0.731. The fraction of sp³-hybridized carbons (Fsp3) is 0.615. The molecule has 5 rings (SSSR count). The van der Waals surface area contributed by atoms with Crippen molar-refractivity contribution in [3.8, 4) is 11.4 Å². The van der Waals surface area contributed by atoms with Gasteiger partial charge < -0.3 is 39.5 Å². The minimum Gasteiger partial charge on any atom is -0.460 e. The van der Waals surface area contributed by atoms with Crippen LogP contribution in [0.5, 0.6) is 0 Å². The Balaban J connectivity index is 1.31. The van der Waals surface area contributed by atoms with Crippen molar-refractivity contribution in [1.29, 1.82) is 0 Å². The zero-order valence-corrected chi connectivity index (χ0v) is 32.6. The van der Waals surface area contributed by atoms with Gasteiger partial charge in [0.1, 0.15) is 28.8 Å². The van der Waals surface area contributed by atoms with Crippen LogP contribution in [-0.2, 0) is 23.8 Å². The van der Waals surface area contributed by atoms with Crippen LogP contribution in [0.4, 0.5) is 15.4 Å². The first-order valence-corrected chi connectivity index (χ1v) is 18.9. The van der Waals surface area contributed by atoms with E-state index >= 15 is 0 Å². The number of unbranched alkanes of at least 4 members (excludes halogenated alkanes) is 1. The minimum atomic E-state index is -1.06. The van der Waals surface area contributed by atoms with E-state index in [0.29, 0.717) is 36.9 Å². The van der Waals surface area contributed by atoms with Gasteiger partial charge in [0, 0.05) is 75.2 Å². The maximum atomic E-state index is 14.1. The van der Waals surface area contributed by atoms with Gasteiger partial charge in [0.2, 0.25) is 5.91 Å². The van der Waals surface area contributed by atoms with E-state index in [9.17, 15) is 24.0 Å². The summed E-state index contributed by atoms with van der Waals surface area (Å²) in [4.78, 5) is 80.4. The third-order valence-electron chi connectivity index (χ3n) is 9.41. The molecule has 0 radical (unpaired) electrons. The van der Waals surface area contributed by atoms with Crippen LogP contribution in [0.1, 0.15) is 84.6 Å². The summed E-state index contributed by atoms with van der Waals surface area (Å²) < 4.78 is 16.3. The number of esters is 1. The van der Waals surface area contributed by atoms with Gasteiger partial charge in [-0.15, -0.1) is 0 Å². The number of ether oxygens (including phenoxy) is 3. The molecule has 0 spiro atoms. The maximum absolute atomic E-state index is 14.1. The summed E-state index contributed by atoms with van der Waals surface area (Å²) >= 11 is 0. The molecular formula is C39H55N7O8. The standard InChI is InChI=1S/C39H55N7O8/c1-8-9-21-52-37(51)45-19-17-44(18-20-45)35(49)28(15-16-31(47)53-38(2,3)4)41-34(48)29-22-30(42-33(40-29)25-13-11-10-12-14-25)46-23-26-27(24-46)32(26)43-36(50)54-39(5,6)7/h10-14,22,26-28,32H,8-9,15-21,23-24H2,1-7H3,(H,41,48)(H,43,50)/t26?,27?,28-,32?/m0/s1. The van der Waals surface area contributed by atoms with Crippen LogP contribution >= 0.6 is 0 Å². The van der Waals surface area contributed by atoms with Crippen LogP contribution < -0.4 is 15.5 Å². The molecule has 0 bridgehead atoms. The number of hydrogen-bond acceptors (Lipinski definition) is 11. The summed E-state index contributed by atoms with van der Waals surface area (Å²) in [5.41, 5.74) is -0.526. The van der Waals surface area contributed by atoms with E-state index in [1.54, 1.807) is 36.6 Å². The highest BCUT2D eigenvalue weighted by Gasteiger charge is 2.57. The Bertz CT molecular complexity index is 1650. The molecule has 3 atom stereocenters. The largest absolute Gasteiger partial charge is 0.460 e. The van der Waals surface area contributed by atoms with E-state index in [2.05, 4.69) is 20.5 Å². The molecule has 1 aromatic heterocycles. The Morgan fingerprint density at radius 2 is 1.50 bits per heavy atom. The second-order valence-electron chi connectivity index (χ2n) is 16.1. The van der Waals surface area contributed by atoms with Crippen LogP contribution in [0.3, 0.4) is 0 Å². The second-order valence-corrected chi connectivity index (χ2v) is 16.1. The van der Waals surface area contributed by atoms with Gasteiger partial charge in [-0.1, -0.05) is 43.7 Å². The van der Waals surface area contributed by atoms with Crippen molar-refractivity contribution >= 4 is 35.8 Å². The Hall–Kier alpha value is -4.95. The summed E-state index contributed by atoms with van der Waals surface area (Å²) in [6.45, 7) is 15.4. The van der Waals surface area contributed by atoms with Crippen molar-refractivity contribution in [3.05, 3.63) is 42.1 Å². The topological polar surface area (TPSA) is 173 Å². The fourth-order valence-electron chi connectivity index (χ4n) is 6.67. The molecule has 4 amide bonds. The molecule has 2 unspecified atom stereocenters. The van der Waals surface area contributed by atoms with Crippen molar-refractivity contribution in [2.45, 2.75) is 97.4 Å². The maximum Gasteiger partial charge on any atom is 0.409 e. The van der Waals surface area contributed by atoms with Crippen molar-refractivity contribution in [3.63, 3.8) is 0 Å². The molecule has 3 aliphatic rings. The number of nitrogens with zero attached hydrogens (tertiary/aromatic N) is 5. The second kappa shape index (κ2) is 17.0. The Morgan fingerprint density at radius 3 is 2.11 bits per heavy atom. The number of alkyl carbamates (subject to hydrolysis) is 1. The van der Waals surface area contributed by atoms with E-state index in [1.165, 1.54) is 0 Å². The van der Waals surface area contributed by atoms with Crippen LogP contribution in [0.15, 0.2) is 36.4 Å². The molecule has 294 valence electrons. The molecule has 3 fully saturated rings. The predicted molar refractivity (Wildman–Crippen MR) is 201 cm³/mol. The average molecular weight is 750 g/mol. The van der Waals surface area contributed by atoms with E-state index in [1.807, 2.05) is 58.0 Å². The van der Waals surface area contributed by atoms with Crippen molar-refractivity contribution in [2.24, 2.45) is 11.8 Å². The summed E-state index contributed by atoms with van der Waals surface area (Å²) in [7, 11) is 0. The van der Waals surface area contributed by atoms with Crippen LogP contribution in [0.2, 0.25) is 0 Å². The Kier molecular flexibility index (Phi) is 12.7. The summed E-state index contributed by atoms with van der Waals surface area (Å²) in [5.74, 6) is -0.137. The van der Waals surface area contributed by atoms with E-state index in [0.717, 1.165) is 12.8 Å².